The summed E-state index contributed by atoms with van der Waals surface area (Å²) >= 11 is 0. The van der Waals surface area contributed by atoms with E-state index in [1.165, 1.54) is 12.8 Å². The zero-order valence-electron chi connectivity index (χ0n) is 7.38. The van der Waals surface area contributed by atoms with Crippen LogP contribution in [0.2, 0.25) is 0 Å². The number of hydrogen-bond donors (Lipinski definition) is 0. The largest absolute Gasteiger partial charge is 0.373 e. The Morgan fingerprint density at radius 2 is 1.92 bits per heavy atom. The van der Waals surface area contributed by atoms with Crippen LogP contribution in [0.15, 0.2) is 0 Å². The lowest BCUT2D eigenvalue weighted by Gasteiger charge is -2.35. The minimum absolute atomic E-state index is 0.00521. The van der Waals surface area contributed by atoms with Gasteiger partial charge in [0.1, 0.15) is 6.79 Å². The van der Waals surface area contributed by atoms with E-state index in [2.05, 4.69) is 0 Å². The van der Waals surface area contributed by atoms with Gasteiger partial charge in [0.15, 0.2) is 0 Å². The molecule has 0 bridgehead atoms. The van der Waals surface area contributed by atoms with E-state index in [4.69, 9.17) is 14.2 Å². The highest BCUT2D eigenvalue weighted by Gasteiger charge is 2.34. The van der Waals surface area contributed by atoms with Crippen molar-refractivity contribution < 1.29 is 14.2 Å². The van der Waals surface area contributed by atoms with Crippen molar-refractivity contribution in [2.45, 2.75) is 31.3 Å². The first-order chi connectivity index (χ1) is 5.91. The van der Waals surface area contributed by atoms with Crippen molar-refractivity contribution in [2.24, 2.45) is 0 Å². The molecule has 0 saturated carbocycles. The fraction of sp³-hybridized carbons (Fsp3) is 1.00. The van der Waals surface area contributed by atoms with Gasteiger partial charge < -0.3 is 14.2 Å². The molecule has 2 aliphatic heterocycles. The third-order valence-electron chi connectivity index (χ3n) is 2.67. The SMILES string of the molecule is C1CCC2(CCOCOC2)OC1. The first-order valence-electron chi connectivity index (χ1n) is 4.71. The first kappa shape index (κ1) is 8.48. The lowest BCUT2D eigenvalue weighted by atomic mass is 9.92. The third-order valence-corrected chi connectivity index (χ3v) is 2.67. The van der Waals surface area contributed by atoms with Crippen LogP contribution in [0.5, 0.6) is 0 Å². The summed E-state index contributed by atoms with van der Waals surface area (Å²) in [6.07, 6.45) is 4.59. The second-order valence-electron chi connectivity index (χ2n) is 3.61. The summed E-state index contributed by atoms with van der Waals surface area (Å²) in [7, 11) is 0. The smallest absolute Gasteiger partial charge is 0.146 e. The monoisotopic (exact) mass is 172 g/mol. The molecule has 0 aromatic rings. The predicted octanol–water partition coefficient (Wildman–Crippen LogP) is 1.32. The molecule has 0 N–H and O–H groups in total. The highest BCUT2D eigenvalue weighted by Crippen LogP contribution is 2.29. The third kappa shape index (κ3) is 1.79. The van der Waals surface area contributed by atoms with Crippen LogP contribution in [0.1, 0.15) is 25.7 Å². The molecule has 0 aromatic carbocycles. The number of hydrogen-bond acceptors (Lipinski definition) is 3. The average molecular weight is 172 g/mol. The molecular weight excluding hydrogens is 156 g/mol. The fourth-order valence-corrected chi connectivity index (χ4v) is 1.90. The molecule has 12 heavy (non-hydrogen) atoms. The fourth-order valence-electron chi connectivity index (χ4n) is 1.90. The Kier molecular flexibility index (Phi) is 2.63. The Hall–Kier alpha value is -0.120. The molecule has 0 aromatic heterocycles. The van der Waals surface area contributed by atoms with E-state index >= 15 is 0 Å². The van der Waals surface area contributed by atoms with E-state index in [0.717, 1.165) is 26.1 Å². The summed E-state index contributed by atoms with van der Waals surface area (Å²) < 4.78 is 16.3. The van der Waals surface area contributed by atoms with Gasteiger partial charge in [-0.05, 0) is 19.3 Å². The summed E-state index contributed by atoms with van der Waals surface area (Å²) in [5.74, 6) is 0. The van der Waals surface area contributed by atoms with Gasteiger partial charge in [0, 0.05) is 13.0 Å². The molecule has 1 spiro atoms. The molecule has 2 heterocycles. The Morgan fingerprint density at radius 1 is 0.917 bits per heavy atom. The van der Waals surface area contributed by atoms with Crippen LogP contribution < -0.4 is 0 Å². The maximum atomic E-state index is 5.78. The summed E-state index contributed by atoms with van der Waals surface area (Å²) in [4.78, 5) is 0. The molecule has 70 valence electrons. The molecule has 1 atom stereocenters. The van der Waals surface area contributed by atoms with E-state index in [0.29, 0.717) is 13.4 Å². The van der Waals surface area contributed by atoms with Gasteiger partial charge in [-0.3, -0.25) is 0 Å². The van der Waals surface area contributed by atoms with Crippen LogP contribution in [-0.4, -0.2) is 32.2 Å². The summed E-state index contributed by atoms with van der Waals surface area (Å²) in [6, 6.07) is 0. The van der Waals surface area contributed by atoms with Crippen molar-refractivity contribution in [3.63, 3.8) is 0 Å². The maximum Gasteiger partial charge on any atom is 0.146 e. The van der Waals surface area contributed by atoms with Gasteiger partial charge in [0.2, 0.25) is 0 Å². The van der Waals surface area contributed by atoms with Gasteiger partial charge >= 0.3 is 0 Å². The summed E-state index contributed by atoms with van der Waals surface area (Å²) in [6.45, 7) is 2.82. The van der Waals surface area contributed by atoms with Gasteiger partial charge in [-0.25, -0.2) is 0 Å². The molecule has 0 radical (unpaired) electrons. The number of rotatable bonds is 0. The minimum Gasteiger partial charge on any atom is -0.373 e. The Balaban J connectivity index is 1.95. The highest BCUT2D eigenvalue weighted by molar-refractivity contribution is 4.84. The molecule has 1 unspecified atom stereocenters. The van der Waals surface area contributed by atoms with Gasteiger partial charge in [0.05, 0.1) is 18.8 Å². The van der Waals surface area contributed by atoms with E-state index in [1.807, 2.05) is 0 Å². The highest BCUT2D eigenvalue weighted by atomic mass is 16.7. The molecular formula is C9H16O3. The molecule has 0 aliphatic carbocycles. The maximum absolute atomic E-state index is 5.78. The molecule has 2 saturated heterocycles. The average Bonchev–Trinajstić information content (AvgIpc) is 2.33. The standard InChI is InChI=1S/C9H16O3/c1-2-5-12-9(3-1)4-6-10-8-11-7-9/h1-8H2. The van der Waals surface area contributed by atoms with Crippen LogP contribution in [0.4, 0.5) is 0 Å². The second-order valence-corrected chi connectivity index (χ2v) is 3.61. The topological polar surface area (TPSA) is 27.7 Å². The van der Waals surface area contributed by atoms with Crippen LogP contribution in [-0.2, 0) is 14.2 Å². The van der Waals surface area contributed by atoms with E-state index in [-0.39, 0.29) is 5.60 Å². The summed E-state index contributed by atoms with van der Waals surface area (Å²) in [5, 5.41) is 0. The lowest BCUT2D eigenvalue weighted by molar-refractivity contribution is -0.122. The van der Waals surface area contributed by atoms with Crippen molar-refractivity contribution in [2.75, 3.05) is 26.6 Å². The molecule has 2 fully saturated rings. The molecule has 2 rings (SSSR count). The van der Waals surface area contributed by atoms with Crippen molar-refractivity contribution >= 4 is 0 Å². The van der Waals surface area contributed by atoms with Crippen molar-refractivity contribution in [1.29, 1.82) is 0 Å². The molecule has 0 amide bonds. The molecule has 3 nitrogen and oxygen atoms in total. The Labute approximate surface area is 73.0 Å². The van der Waals surface area contributed by atoms with Crippen LogP contribution in [0, 0.1) is 0 Å². The quantitative estimate of drug-likeness (QED) is 0.551. The predicted molar refractivity (Wildman–Crippen MR) is 43.9 cm³/mol. The van der Waals surface area contributed by atoms with E-state index < -0.39 is 0 Å². The van der Waals surface area contributed by atoms with Crippen LogP contribution >= 0.6 is 0 Å². The molecule has 3 heteroatoms. The first-order valence-corrected chi connectivity index (χ1v) is 4.71. The minimum atomic E-state index is -0.00521. The zero-order valence-corrected chi connectivity index (χ0v) is 7.38. The van der Waals surface area contributed by atoms with Gasteiger partial charge in [-0.15, -0.1) is 0 Å². The van der Waals surface area contributed by atoms with Crippen LogP contribution in [0.3, 0.4) is 0 Å². The van der Waals surface area contributed by atoms with E-state index in [1.54, 1.807) is 0 Å². The van der Waals surface area contributed by atoms with Gasteiger partial charge in [-0.1, -0.05) is 0 Å². The van der Waals surface area contributed by atoms with E-state index in [9.17, 15) is 0 Å². The second kappa shape index (κ2) is 3.73. The molecule has 2 aliphatic rings. The Bertz CT molecular complexity index is 131. The Morgan fingerprint density at radius 3 is 2.75 bits per heavy atom. The normalized spacial score (nSPS) is 38.0. The summed E-state index contributed by atoms with van der Waals surface area (Å²) in [5.41, 5.74) is -0.00521. The van der Waals surface area contributed by atoms with Gasteiger partial charge in [0.25, 0.3) is 0 Å². The van der Waals surface area contributed by atoms with Crippen LogP contribution in [0.25, 0.3) is 0 Å². The van der Waals surface area contributed by atoms with Gasteiger partial charge in [-0.2, -0.15) is 0 Å². The lowest BCUT2D eigenvalue weighted by Crippen LogP contribution is -2.40. The number of ether oxygens (including phenoxy) is 3. The van der Waals surface area contributed by atoms with Crippen molar-refractivity contribution in [3.8, 4) is 0 Å². The van der Waals surface area contributed by atoms with Crippen molar-refractivity contribution in [1.82, 2.24) is 0 Å². The van der Waals surface area contributed by atoms with Crippen molar-refractivity contribution in [3.05, 3.63) is 0 Å². The zero-order chi connectivity index (χ0) is 8.28.